The van der Waals surface area contributed by atoms with Crippen LogP contribution in [0.5, 0.6) is 0 Å². The summed E-state index contributed by atoms with van der Waals surface area (Å²) in [5.74, 6) is 0. The lowest BCUT2D eigenvalue weighted by Gasteiger charge is -2.51. The maximum absolute atomic E-state index is 13.8. The van der Waals surface area contributed by atoms with E-state index in [0.29, 0.717) is 6.54 Å². The van der Waals surface area contributed by atoms with Crippen LogP contribution in [0, 0.1) is 5.41 Å². The first-order valence-corrected chi connectivity index (χ1v) is 8.66. The molecular formula is C19H27FN2O2. The van der Waals surface area contributed by atoms with Crippen LogP contribution in [0.4, 0.5) is 9.18 Å². The van der Waals surface area contributed by atoms with Gasteiger partial charge >= 0.3 is 6.09 Å². The Labute approximate surface area is 143 Å². The van der Waals surface area contributed by atoms with Crippen molar-refractivity contribution in [3.8, 4) is 0 Å². The van der Waals surface area contributed by atoms with Gasteiger partial charge in [-0.05, 0) is 23.8 Å². The molecule has 1 aliphatic carbocycles. The molecule has 3 rings (SSSR count). The monoisotopic (exact) mass is 334 g/mol. The van der Waals surface area contributed by atoms with E-state index in [4.69, 9.17) is 0 Å². The average molecular weight is 334 g/mol. The zero-order chi connectivity index (χ0) is 17.5. The second kappa shape index (κ2) is 6.03. The highest BCUT2D eigenvalue weighted by molar-refractivity contribution is 5.67. The minimum atomic E-state index is -0.919. The lowest BCUT2D eigenvalue weighted by Crippen LogP contribution is -2.63. The molecular weight excluding hydrogens is 307 g/mol. The number of rotatable bonds is 3. The highest BCUT2D eigenvalue weighted by atomic mass is 19.1. The van der Waals surface area contributed by atoms with Crippen LogP contribution in [0.3, 0.4) is 0 Å². The number of alkyl halides is 1. The van der Waals surface area contributed by atoms with Crippen molar-refractivity contribution in [2.24, 2.45) is 5.41 Å². The van der Waals surface area contributed by atoms with E-state index >= 15 is 0 Å². The Bertz CT molecular complexity index is 595. The van der Waals surface area contributed by atoms with Crippen molar-refractivity contribution in [3.63, 3.8) is 0 Å². The first-order valence-electron chi connectivity index (χ1n) is 8.66. The molecule has 1 saturated carbocycles. The molecule has 1 N–H and O–H groups in total. The number of nitrogens with zero attached hydrogens (tertiary/aromatic N) is 2. The molecule has 132 valence electrons. The summed E-state index contributed by atoms with van der Waals surface area (Å²) < 4.78 is 13.8. The van der Waals surface area contributed by atoms with E-state index in [1.54, 1.807) is 0 Å². The average Bonchev–Trinajstić information content (AvgIpc) is 3.27. The standard InChI is InChI=1S/C19H27FN2O2/c1-18(2,3)16(14-7-5-4-6-8-14)21-13-19(9-10-19)22(17(23)24)12-15(21)11-20/h4-8,15-16H,9-13H2,1-3H3,(H,23,24)/t15-,16?/m0/s1. The fourth-order valence-electron chi connectivity index (χ4n) is 4.18. The van der Waals surface area contributed by atoms with E-state index in [1.165, 1.54) is 10.5 Å². The smallest absolute Gasteiger partial charge is 0.407 e. The number of amides is 1. The van der Waals surface area contributed by atoms with Crippen molar-refractivity contribution >= 4 is 6.09 Å². The van der Waals surface area contributed by atoms with Crippen molar-refractivity contribution < 1.29 is 14.3 Å². The Balaban J connectivity index is 1.96. The van der Waals surface area contributed by atoms with Crippen LogP contribution in [-0.4, -0.2) is 52.3 Å². The summed E-state index contributed by atoms with van der Waals surface area (Å²) in [5.41, 5.74) is 0.787. The predicted molar refractivity (Wildman–Crippen MR) is 91.8 cm³/mol. The van der Waals surface area contributed by atoms with E-state index in [0.717, 1.165) is 12.8 Å². The summed E-state index contributed by atoms with van der Waals surface area (Å²) in [6.45, 7) is 6.85. The third-order valence-corrected chi connectivity index (χ3v) is 5.42. The normalized spacial score (nSPS) is 24.8. The molecule has 1 aromatic carbocycles. The van der Waals surface area contributed by atoms with Crippen LogP contribution in [0.15, 0.2) is 30.3 Å². The maximum atomic E-state index is 13.8. The summed E-state index contributed by atoms with van der Waals surface area (Å²) in [4.78, 5) is 15.3. The van der Waals surface area contributed by atoms with Crippen molar-refractivity contribution in [1.82, 2.24) is 9.80 Å². The lowest BCUT2D eigenvalue weighted by molar-refractivity contribution is -0.0383. The Morgan fingerprint density at radius 2 is 1.96 bits per heavy atom. The van der Waals surface area contributed by atoms with Crippen LogP contribution in [0.25, 0.3) is 0 Å². The minimum absolute atomic E-state index is 0.0628. The molecule has 4 nitrogen and oxygen atoms in total. The molecule has 0 bridgehead atoms. The molecule has 2 aliphatic rings. The molecule has 1 unspecified atom stereocenters. The van der Waals surface area contributed by atoms with Crippen molar-refractivity contribution in [3.05, 3.63) is 35.9 Å². The third-order valence-electron chi connectivity index (χ3n) is 5.42. The van der Waals surface area contributed by atoms with Gasteiger partial charge in [-0.15, -0.1) is 0 Å². The third kappa shape index (κ3) is 3.02. The number of carbonyl (C=O) groups is 1. The highest BCUT2D eigenvalue weighted by Gasteiger charge is 2.57. The largest absolute Gasteiger partial charge is 0.465 e. The zero-order valence-electron chi connectivity index (χ0n) is 14.7. The quantitative estimate of drug-likeness (QED) is 0.910. The van der Waals surface area contributed by atoms with Gasteiger partial charge in [0, 0.05) is 19.1 Å². The van der Waals surface area contributed by atoms with E-state index in [1.807, 2.05) is 18.2 Å². The van der Waals surface area contributed by atoms with Gasteiger partial charge in [0.25, 0.3) is 0 Å². The Kier molecular flexibility index (Phi) is 4.32. The van der Waals surface area contributed by atoms with Crippen LogP contribution >= 0.6 is 0 Å². The Morgan fingerprint density at radius 1 is 1.33 bits per heavy atom. The SMILES string of the molecule is CC(C)(C)C(c1ccccc1)N1CC2(CC2)N(C(=O)O)C[C@@H]1CF. The van der Waals surface area contributed by atoms with Gasteiger partial charge in [-0.2, -0.15) is 0 Å². The number of piperazine rings is 1. The van der Waals surface area contributed by atoms with Gasteiger partial charge in [-0.3, -0.25) is 9.80 Å². The van der Waals surface area contributed by atoms with Gasteiger partial charge < -0.3 is 5.11 Å². The van der Waals surface area contributed by atoms with Crippen molar-refractivity contribution in [1.29, 1.82) is 0 Å². The summed E-state index contributed by atoms with van der Waals surface area (Å²) in [6.07, 6.45) is 0.832. The summed E-state index contributed by atoms with van der Waals surface area (Å²) >= 11 is 0. The predicted octanol–water partition coefficient (Wildman–Crippen LogP) is 3.94. The highest BCUT2D eigenvalue weighted by Crippen LogP contribution is 2.49. The Hall–Kier alpha value is -1.62. The first-order chi connectivity index (χ1) is 11.3. The topological polar surface area (TPSA) is 43.8 Å². The summed E-state index contributed by atoms with van der Waals surface area (Å²) in [7, 11) is 0. The van der Waals surface area contributed by atoms with Crippen LogP contribution in [0.2, 0.25) is 0 Å². The molecule has 2 fully saturated rings. The van der Waals surface area contributed by atoms with Crippen molar-refractivity contribution in [2.45, 2.75) is 51.2 Å². The van der Waals surface area contributed by atoms with Gasteiger partial charge in [0.1, 0.15) is 6.67 Å². The molecule has 0 radical (unpaired) electrons. The van der Waals surface area contributed by atoms with Gasteiger partial charge in [-0.25, -0.2) is 9.18 Å². The summed E-state index contributed by atoms with van der Waals surface area (Å²) in [6, 6.07) is 9.87. The molecule has 1 heterocycles. The number of hydrogen-bond acceptors (Lipinski definition) is 2. The molecule has 1 aliphatic heterocycles. The van der Waals surface area contributed by atoms with Crippen LogP contribution in [0.1, 0.15) is 45.2 Å². The number of hydrogen-bond donors (Lipinski definition) is 1. The van der Waals surface area contributed by atoms with Crippen LogP contribution in [-0.2, 0) is 0 Å². The molecule has 1 amide bonds. The maximum Gasteiger partial charge on any atom is 0.407 e. The number of benzene rings is 1. The second-order valence-corrected chi connectivity index (χ2v) is 8.28. The first kappa shape index (κ1) is 17.2. The molecule has 1 saturated heterocycles. The van der Waals surface area contributed by atoms with Gasteiger partial charge in [0.15, 0.2) is 0 Å². The molecule has 0 aromatic heterocycles. The molecule has 24 heavy (non-hydrogen) atoms. The molecule has 1 spiro atoms. The molecule has 2 atom stereocenters. The van der Waals surface area contributed by atoms with E-state index < -0.39 is 18.8 Å². The minimum Gasteiger partial charge on any atom is -0.465 e. The van der Waals surface area contributed by atoms with Gasteiger partial charge in [0.05, 0.1) is 11.6 Å². The fraction of sp³-hybridized carbons (Fsp3) is 0.632. The molecule has 1 aromatic rings. The van der Waals surface area contributed by atoms with Crippen molar-refractivity contribution in [2.75, 3.05) is 19.8 Å². The Morgan fingerprint density at radius 3 is 2.42 bits per heavy atom. The lowest BCUT2D eigenvalue weighted by atomic mass is 9.79. The zero-order valence-corrected chi connectivity index (χ0v) is 14.7. The van der Waals surface area contributed by atoms with E-state index in [2.05, 4.69) is 37.8 Å². The number of halogens is 1. The summed E-state index contributed by atoms with van der Waals surface area (Å²) in [5, 5.41) is 9.51. The molecule has 5 heteroatoms. The second-order valence-electron chi connectivity index (χ2n) is 8.28. The number of carboxylic acid groups (broad SMARTS) is 1. The fourth-order valence-corrected chi connectivity index (χ4v) is 4.18. The van der Waals surface area contributed by atoms with E-state index in [9.17, 15) is 14.3 Å². The van der Waals surface area contributed by atoms with Crippen LogP contribution < -0.4 is 0 Å². The van der Waals surface area contributed by atoms with Gasteiger partial charge in [-0.1, -0.05) is 51.1 Å². The van der Waals surface area contributed by atoms with E-state index in [-0.39, 0.29) is 23.5 Å². The van der Waals surface area contributed by atoms with Gasteiger partial charge in [0.2, 0.25) is 0 Å².